The zero-order chi connectivity index (χ0) is 31.0. The third-order valence-electron chi connectivity index (χ3n) is 6.02. The van der Waals surface area contributed by atoms with Crippen LogP contribution in [0, 0.1) is 0 Å². The molecule has 0 saturated heterocycles. The van der Waals surface area contributed by atoms with Gasteiger partial charge in [-0.1, -0.05) is 60.1 Å². The van der Waals surface area contributed by atoms with Gasteiger partial charge in [-0.25, -0.2) is 0 Å². The van der Waals surface area contributed by atoms with E-state index in [0.29, 0.717) is 26.7 Å². The Labute approximate surface area is 255 Å². The minimum Gasteiger partial charge on any atom is -0.325 e. The van der Waals surface area contributed by atoms with Crippen molar-refractivity contribution in [3.05, 3.63) is 131 Å². The van der Waals surface area contributed by atoms with Crippen molar-refractivity contribution in [1.82, 2.24) is 5.32 Å². The average molecular weight is 624 g/mol. The molecule has 43 heavy (non-hydrogen) atoms. The molecule has 0 heterocycles. The lowest BCUT2D eigenvalue weighted by Gasteiger charge is -2.16. The molecule has 4 aromatic carbocycles. The number of amides is 3. The SMILES string of the molecule is CC(Sc1ccc(NC(=O)/C(=C/c2ccccc2Cl)NC(=O)c2ccccc2)cc1)C(=O)Nc1ccccc1C(F)(F)F. The Balaban J connectivity index is 1.44. The number of carbonyl (C=O) groups excluding carboxylic acids is 3. The number of thioether (sulfide) groups is 1. The Bertz CT molecular complexity index is 1650. The fraction of sp³-hybridized carbons (Fsp3) is 0.0938. The molecule has 0 saturated carbocycles. The number of hydrogen-bond donors (Lipinski definition) is 3. The Hall–Kier alpha value is -4.54. The number of anilines is 2. The topological polar surface area (TPSA) is 87.3 Å². The Morgan fingerprint density at radius 1 is 0.814 bits per heavy atom. The minimum absolute atomic E-state index is 0.0372. The summed E-state index contributed by atoms with van der Waals surface area (Å²) in [5.74, 6) is -1.67. The molecule has 3 amide bonds. The predicted molar refractivity (Wildman–Crippen MR) is 164 cm³/mol. The van der Waals surface area contributed by atoms with Gasteiger partial charge < -0.3 is 16.0 Å². The smallest absolute Gasteiger partial charge is 0.325 e. The van der Waals surface area contributed by atoms with Crippen LogP contribution in [0.1, 0.15) is 28.4 Å². The molecule has 0 spiro atoms. The van der Waals surface area contributed by atoms with Crippen LogP contribution in [0.15, 0.2) is 114 Å². The Kier molecular flexibility index (Phi) is 10.3. The van der Waals surface area contributed by atoms with E-state index in [1.54, 1.807) is 85.8 Å². The van der Waals surface area contributed by atoms with Gasteiger partial charge in [-0.3, -0.25) is 14.4 Å². The molecule has 0 fully saturated rings. The third-order valence-corrected chi connectivity index (χ3v) is 7.47. The first-order chi connectivity index (χ1) is 20.5. The number of halogens is 4. The summed E-state index contributed by atoms with van der Waals surface area (Å²) >= 11 is 7.41. The molecule has 6 nitrogen and oxygen atoms in total. The molecule has 0 aliphatic rings. The number of carbonyl (C=O) groups is 3. The van der Waals surface area contributed by atoms with E-state index in [-0.39, 0.29) is 11.4 Å². The lowest BCUT2D eigenvalue weighted by molar-refractivity contribution is -0.137. The number of benzene rings is 4. The summed E-state index contributed by atoms with van der Waals surface area (Å²) in [7, 11) is 0. The number of rotatable bonds is 9. The fourth-order valence-corrected chi connectivity index (χ4v) is 4.89. The van der Waals surface area contributed by atoms with E-state index in [9.17, 15) is 27.6 Å². The van der Waals surface area contributed by atoms with Crippen LogP contribution in [0.5, 0.6) is 0 Å². The van der Waals surface area contributed by atoms with Gasteiger partial charge in [0.2, 0.25) is 5.91 Å². The molecule has 0 aliphatic carbocycles. The first kappa shape index (κ1) is 31.4. The van der Waals surface area contributed by atoms with Crippen LogP contribution >= 0.6 is 23.4 Å². The van der Waals surface area contributed by atoms with Gasteiger partial charge in [-0.05, 0) is 73.2 Å². The zero-order valence-electron chi connectivity index (χ0n) is 22.6. The van der Waals surface area contributed by atoms with Crippen molar-refractivity contribution >= 4 is 58.5 Å². The largest absolute Gasteiger partial charge is 0.418 e. The molecule has 4 aromatic rings. The summed E-state index contributed by atoms with van der Waals surface area (Å²) in [6.07, 6.45) is -3.13. The van der Waals surface area contributed by atoms with Gasteiger partial charge in [0.15, 0.2) is 0 Å². The van der Waals surface area contributed by atoms with Crippen molar-refractivity contribution in [2.75, 3.05) is 10.6 Å². The van der Waals surface area contributed by atoms with E-state index in [1.807, 2.05) is 0 Å². The van der Waals surface area contributed by atoms with E-state index in [0.717, 1.165) is 17.8 Å². The van der Waals surface area contributed by atoms with Crippen LogP contribution in [0.2, 0.25) is 5.02 Å². The minimum atomic E-state index is -4.60. The second kappa shape index (κ2) is 14.1. The highest BCUT2D eigenvalue weighted by Gasteiger charge is 2.34. The molecule has 0 radical (unpaired) electrons. The summed E-state index contributed by atoms with van der Waals surface area (Å²) in [6, 6.07) is 26.6. The molecule has 0 bridgehead atoms. The van der Waals surface area contributed by atoms with E-state index in [4.69, 9.17) is 11.6 Å². The predicted octanol–water partition coefficient (Wildman–Crippen LogP) is 7.89. The van der Waals surface area contributed by atoms with Gasteiger partial charge >= 0.3 is 6.18 Å². The highest BCUT2D eigenvalue weighted by molar-refractivity contribution is 8.00. The molecule has 3 N–H and O–H groups in total. The van der Waals surface area contributed by atoms with E-state index in [2.05, 4.69) is 16.0 Å². The molecule has 0 aromatic heterocycles. The molecular formula is C32H25ClF3N3O3S. The molecule has 1 unspecified atom stereocenters. The van der Waals surface area contributed by atoms with Crippen molar-refractivity contribution < 1.29 is 27.6 Å². The zero-order valence-corrected chi connectivity index (χ0v) is 24.2. The number of alkyl halides is 3. The van der Waals surface area contributed by atoms with Crippen molar-refractivity contribution in [3.63, 3.8) is 0 Å². The maximum atomic E-state index is 13.3. The second-order valence-electron chi connectivity index (χ2n) is 9.17. The quantitative estimate of drug-likeness (QED) is 0.131. The summed E-state index contributed by atoms with van der Waals surface area (Å²) in [5, 5.41) is 7.40. The van der Waals surface area contributed by atoms with Crippen LogP contribution < -0.4 is 16.0 Å². The summed E-state index contributed by atoms with van der Waals surface area (Å²) < 4.78 is 39.8. The van der Waals surface area contributed by atoms with Crippen LogP contribution in [-0.4, -0.2) is 23.0 Å². The summed E-state index contributed by atoms with van der Waals surface area (Å²) in [4.78, 5) is 39.3. The van der Waals surface area contributed by atoms with Gasteiger partial charge in [-0.15, -0.1) is 11.8 Å². The van der Waals surface area contributed by atoms with Crippen molar-refractivity contribution in [1.29, 1.82) is 0 Å². The summed E-state index contributed by atoms with van der Waals surface area (Å²) in [6.45, 7) is 1.58. The molecule has 220 valence electrons. The standard InChI is InChI=1S/C32H25ClF3N3O3S/c1-20(29(40)38-27-14-8-6-12-25(27)32(34,35)36)43-24-17-15-23(16-18-24)37-31(42)28(19-22-11-5-7-13-26(22)33)39-30(41)21-9-3-2-4-10-21/h2-20H,1H3,(H,37,42)(H,38,40)(H,39,41)/b28-19-. The fourth-order valence-electron chi connectivity index (χ4n) is 3.84. The Morgan fingerprint density at radius 3 is 2.12 bits per heavy atom. The van der Waals surface area contributed by atoms with Gasteiger partial charge in [0.05, 0.1) is 16.5 Å². The van der Waals surface area contributed by atoms with Crippen LogP contribution in [0.4, 0.5) is 24.5 Å². The first-order valence-electron chi connectivity index (χ1n) is 12.9. The second-order valence-corrected chi connectivity index (χ2v) is 11.0. The molecule has 11 heteroatoms. The van der Waals surface area contributed by atoms with Crippen LogP contribution in [-0.2, 0) is 15.8 Å². The van der Waals surface area contributed by atoms with Crippen molar-refractivity contribution in [3.8, 4) is 0 Å². The number of para-hydroxylation sites is 1. The van der Waals surface area contributed by atoms with E-state index < -0.39 is 34.7 Å². The first-order valence-corrected chi connectivity index (χ1v) is 14.1. The third kappa shape index (κ3) is 8.73. The normalized spacial score (nSPS) is 12.3. The highest BCUT2D eigenvalue weighted by atomic mass is 35.5. The lowest BCUT2D eigenvalue weighted by Crippen LogP contribution is -2.30. The number of hydrogen-bond acceptors (Lipinski definition) is 4. The monoisotopic (exact) mass is 623 g/mol. The molecule has 1 atom stereocenters. The van der Waals surface area contributed by atoms with E-state index in [1.165, 1.54) is 24.3 Å². The van der Waals surface area contributed by atoms with Crippen molar-refractivity contribution in [2.24, 2.45) is 0 Å². The summed E-state index contributed by atoms with van der Waals surface area (Å²) in [5.41, 5.74) is 0.0184. The average Bonchev–Trinajstić information content (AvgIpc) is 2.99. The number of nitrogens with one attached hydrogen (secondary N) is 3. The van der Waals surface area contributed by atoms with Gasteiger partial charge in [-0.2, -0.15) is 13.2 Å². The maximum Gasteiger partial charge on any atom is 0.418 e. The Morgan fingerprint density at radius 2 is 1.44 bits per heavy atom. The van der Waals surface area contributed by atoms with Crippen LogP contribution in [0.25, 0.3) is 6.08 Å². The molecule has 4 rings (SSSR count). The van der Waals surface area contributed by atoms with E-state index >= 15 is 0 Å². The van der Waals surface area contributed by atoms with Gasteiger partial charge in [0.1, 0.15) is 5.70 Å². The molecule has 0 aliphatic heterocycles. The van der Waals surface area contributed by atoms with Gasteiger partial charge in [0.25, 0.3) is 11.8 Å². The van der Waals surface area contributed by atoms with Crippen molar-refractivity contribution in [2.45, 2.75) is 23.2 Å². The molecular weight excluding hydrogens is 599 g/mol. The highest BCUT2D eigenvalue weighted by Crippen LogP contribution is 2.35. The lowest BCUT2D eigenvalue weighted by atomic mass is 10.1. The van der Waals surface area contributed by atoms with Gasteiger partial charge in [0, 0.05) is 21.2 Å². The maximum absolute atomic E-state index is 13.3. The van der Waals surface area contributed by atoms with Crippen LogP contribution in [0.3, 0.4) is 0 Å².